The van der Waals surface area contributed by atoms with Crippen LogP contribution >= 0.6 is 27.5 Å². The highest BCUT2D eigenvalue weighted by Crippen LogP contribution is 2.36. The molecule has 132 valence electrons. The van der Waals surface area contributed by atoms with E-state index >= 15 is 0 Å². The van der Waals surface area contributed by atoms with Crippen LogP contribution in [0.5, 0.6) is 23.0 Å². The number of carbonyl (C=O) groups excluding carboxylic acids is 1. The molecule has 0 amide bonds. The fourth-order valence-corrected chi connectivity index (χ4v) is 2.86. The Balaban J connectivity index is 2.35. The third-order valence-corrected chi connectivity index (χ3v) is 4.34. The molecule has 0 aliphatic heterocycles. The van der Waals surface area contributed by atoms with Crippen molar-refractivity contribution < 1.29 is 24.1 Å². The van der Waals surface area contributed by atoms with Crippen molar-refractivity contribution in [3.8, 4) is 23.0 Å². The average molecular weight is 428 g/mol. The van der Waals surface area contributed by atoms with Gasteiger partial charge in [-0.25, -0.2) is 0 Å². The van der Waals surface area contributed by atoms with Crippen LogP contribution in [0.25, 0.3) is 6.08 Å². The molecule has 7 heteroatoms. The van der Waals surface area contributed by atoms with E-state index in [2.05, 4.69) is 15.9 Å². The summed E-state index contributed by atoms with van der Waals surface area (Å²) in [6, 6.07) is 6.34. The van der Waals surface area contributed by atoms with E-state index < -0.39 is 0 Å². The number of halogens is 2. The largest absolute Gasteiger partial charge is 0.503 e. The Morgan fingerprint density at radius 3 is 2.28 bits per heavy atom. The molecule has 0 fully saturated rings. The van der Waals surface area contributed by atoms with Gasteiger partial charge >= 0.3 is 0 Å². The molecule has 0 heterocycles. The van der Waals surface area contributed by atoms with Crippen LogP contribution in [0.4, 0.5) is 0 Å². The van der Waals surface area contributed by atoms with E-state index in [9.17, 15) is 9.90 Å². The van der Waals surface area contributed by atoms with Crippen LogP contribution in [0.3, 0.4) is 0 Å². The van der Waals surface area contributed by atoms with Crippen molar-refractivity contribution >= 4 is 39.4 Å². The molecule has 0 bridgehead atoms. The van der Waals surface area contributed by atoms with E-state index in [4.69, 9.17) is 25.8 Å². The number of ketones is 1. The van der Waals surface area contributed by atoms with Gasteiger partial charge in [0.25, 0.3) is 0 Å². The monoisotopic (exact) mass is 426 g/mol. The molecule has 0 aromatic heterocycles. The molecule has 2 rings (SSSR count). The number of aromatic hydroxyl groups is 1. The summed E-state index contributed by atoms with van der Waals surface area (Å²) in [5, 5.41) is 10.1. The van der Waals surface area contributed by atoms with E-state index in [0.29, 0.717) is 37.9 Å². The van der Waals surface area contributed by atoms with Crippen LogP contribution in [0.1, 0.15) is 15.9 Å². The molecule has 2 aromatic rings. The predicted molar refractivity (Wildman–Crippen MR) is 100 cm³/mol. The van der Waals surface area contributed by atoms with Crippen molar-refractivity contribution in [1.29, 1.82) is 0 Å². The maximum atomic E-state index is 12.5. The maximum Gasteiger partial charge on any atom is 0.189 e. The Morgan fingerprint density at radius 2 is 1.68 bits per heavy atom. The minimum absolute atomic E-state index is 0.00502. The third-order valence-electron chi connectivity index (χ3n) is 3.44. The van der Waals surface area contributed by atoms with Gasteiger partial charge in [-0.1, -0.05) is 17.7 Å². The maximum absolute atomic E-state index is 12.5. The molecule has 0 saturated heterocycles. The zero-order valence-corrected chi connectivity index (χ0v) is 16.1. The number of carbonyl (C=O) groups is 1. The summed E-state index contributed by atoms with van der Waals surface area (Å²) in [6.45, 7) is 0. The summed E-state index contributed by atoms with van der Waals surface area (Å²) in [6.07, 6.45) is 2.99. The quantitative estimate of drug-likeness (QED) is 0.533. The second kappa shape index (κ2) is 8.27. The zero-order valence-electron chi connectivity index (χ0n) is 13.8. The molecule has 0 saturated carbocycles. The number of ether oxygens (including phenoxy) is 3. The molecule has 5 nitrogen and oxygen atoms in total. The summed E-state index contributed by atoms with van der Waals surface area (Å²) in [7, 11) is 4.40. The Bertz CT molecular complexity index is 833. The first-order valence-corrected chi connectivity index (χ1v) is 8.28. The number of phenolic OH excluding ortho intramolecular Hbond substituents is 1. The number of allylic oxidation sites excluding steroid dienone is 1. The van der Waals surface area contributed by atoms with Crippen molar-refractivity contribution in [2.24, 2.45) is 0 Å². The molecule has 0 atom stereocenters. The van der Waals surface area contributed by atoms with Gasteiger partial charge in [0, 0.05) is 6.07 Å². The Labute approximate surface area is 158 Å². The summed E-state index contributed by atoms with van der Waals surface area (Å²) in [5.74, 6) is 0.789. The molecule has 0 aliphatic carbocycles. The van der Waals surface area contributed by atoms with E-state index in [1.54, 1.807) is 24.3 Å². The van der Waals surface area contributed by atoms with Gasteiger partial charge in [-0.05, 0) is 45.8 Å². The minimum atomic E-state index is -0.287. The minimum Gasteiger partial charge on any atom is -0.503 e. The Morgan fingerprint density at radius 1 is 1.04 bits per heavy atom. The number of benzene rings is 2. The lowest BCUT2D eigenvalue weighted by Gasteiger charge is -2.10. The number of hydrogen-bond donors (Lipinski definition) is 1. The van der Waals surface area contributed by atoms with Gasteiger partial charge in [0.2, 0.25) is 0 Å². The third kappa shape index (κ3) is 4.27. The van der Waals surface area contributed by atoms with Gasteiger partial charge in [0.1, 0.15) is 11.5 Å². The number of phenols is 1. The molecular formula is C18H16BrClO5. The molecule has 0 spiro atoms. The van der Waals surface area contributed by atoms with E-state index in [1.165, 1.54) is 33.5 Å². The highest BCUT2D eigenvalue weighted by Gasteiger charge is 2.15. The smallest absolute Gasteiger partial charge is 0.189 e. The lowest BCUT2D eigenvalue weighted by Crippen LogP contribution is -2.00. The fraction of sp³-hybridized carbons (Fsp3) is 0.167. The standard InChI is InChI=1S/C18H16BrClO5/c1-23-15-9-16(24-2)13(20)8-11(15)14(21)5-4-10-6-12(19)18(22)17(7-10)25-3/h4-9,22H,1-3H3/b5-4-. The average Bonchev–Trinajstić information content (AvgIpc) is 2.61. The first kappa shape index (κ1) is 19.1. The second-order valence-electron chi connectivity index (χ2n) is 4.94. The number of rotatable bonds is 6. The first-order valence-electron chi connectivity index (χ1n) is 7.11. The van der Waals surface area contributed by atoms with Crippen LogP contribution in [0.15, 0.2) is 34.8 Å². The SMILES string of the molecule is COc1cc(OC)c(C(=O)/C=C\c2cc(Br)c(O)c(OC)c2)cc1Cl. The zero-order chi connectivity index (χ0) is 18.6. The van der Waals surface area contributed by atoms with Crippen molar-refractivity contribution in [2.45, 2.75) is 0 Å². The molecular weight excluding hydrogens is 412 g/mol. The van der Waals surface area contributed by atoms with Crippen LogP contribution < -0.4 is 14.2 Å². The van der Waals surface area contributed by atoms with Crippen molar-refractivity contribution in [3.05, 3.63) is 51.0 Å². The summed E-state index contributed by atoms with van der Waals surface area (Å²) >= 11 is 9.33. The predicted octanol–water partition coefficient (Wildman–Crippen LogP) is 4.73. The van der Waals surface area contributed by atoms with Crippen LogP contribution in [0, 0.1) is 0 Å². The van der Waals surface area contributed by atoms with Crippen LogP contribution in [-0.2, 0) is 0 Å². The number of hydrogen-bond acceptors (Lipinski definition) is 5. The highest BCUT2D eigenvalue weighted by molar-refractivity contribution is 9.10. The first-order chi connectivity index (χ1) is 11.9. The second-order valence-corrected chi connectivity index (χ2v) is 6.20. The molecule has 25 heavy (non-hydrogen) atoms. The van der Waals surface area contributed by atoms with Crippen molar-refractivity contribution in [1.82, 2.24) is 0 Å². The van der Waals surface area contributed by atoms with E-state index in [0.717, 1.165) is 0 Å². The summed E-state index contributed by atoms with van der Waals surface area (Å²) in [4.78, 5) is 12.5. The van der Waals surface area contributed by atoms with Gasteiger partial charge < -0.3 is 19.3 Å². The lowest BCUT2D eigenvalue weighted by atomic mass is 10.1. The molecule has 0 radical (unpaired) electrons. The van der Waals surface area contributed by atoms with Crippen LogP contribution in [0.2, 0.25) is 5.02 Å². The normalized spacial score (nSPS) is 10.8. The lowest BCUT2D eigenvalue weighted by molar-refractivity contribution is 0.104. The molecule has 0 unspecified atom stereocenters. The van der Waals surface area contributed by atoms with Crippen molar-refractivity contribution in [2.75, 3.05) is 21.3 Å². The van der Waals surface area contributed by atoms with Crippen molar-refractivity contribution in [3.63, 3.8) is 0 Å². The van der Waals surface area contributed by atoms with E-state index in [1.807, 2.05) is 0 Å². The van der Waals surface area contributed by atoms with Gasteiger partial charge in [0.15, 0.2) is 17.3 Å². The van der Waals surface area contributed by atoms with Gasteiger partial charge in [-0.3, -0.25) is 4.79 Å². The van der Waals surface area contributed by atoms with Gasteiger partial charge in [-0.2, -0.15) is 0 Å². The number of methoxy groups -OCH3 is 3. The molecule has 1 N–H and O–H groups in total. The Hall–Kier alpha value is -2.18. The Kier molecular flexibility index (Phi) is 6.33. The van der Waals surface area contributed by atoms with Gasteiger partial charge in [-0.15, -0.1) is 0 Å². The van der Waals surface area contributed by atoms with Gasteiger partial charge in [0.05, 0.1) is 36.4 Å². The van der Waals surface area contributed by atoms with E-state index in [-0.39, 0.29) is 11.5 Å². The topological polar surface area (TPSA) is 65.0 Å². The molecule has 0 aliphatic rings. The van der Waals surface area contributed by atoms with Crippen LogP contribution in [-0.4, -0.2) is 32.2 Å². The summed E-state index contributed by atoms with van der Waals surface area (Å²) in [5.41, 5.74) is 0.989. The summed E-state index contributed by atoms with van der Waals surface area (Å²) < 4.78 is 15.9. The highest BCUT2D eigenvalue weighted by atomic mass is 79.9. The fourth-order valence-electron chi connectivity index (χ4n) is 2.16. The molecule has 2 aromatic carbocycles.